The molecule has 0 atom stereocenters. The molecule has 1 aromatic heterocycles. The van der Waals surface area contributed by atoms with Crippen molar-refractivity contribution in [2.75, 3.05) is 20.2 Å². The second kappa shape index (κ2) is 8.83. The Morgan fingerprint density at radius 1 is 1.31 bits per heavy atom. The highest BCUT2D eigenvalue weighted by atomic mass is 16.5. The summed E-state index contributed by atoms with van der Waals surface area (Å²) in [6, 6.07) is 7.63. The lowest BCUT2D eigenvalue weighted by molar-refractivity contribution is -0.132. The van der Waals surface area contributed by atoms with Crippen LogP contribution in [0.3, 0.4) is 0 Å². The third kappa shape index (κ3) is 4.42. The number of nitrogens with zero attached hydrogens (tertiary/aromatic N) is 3. The van der Waals surface area contributed by atoms with E-state index in [-0.39, 0.29) is 11.8 Å². The van der Waals surface area contributed by atoms with Gasteiger partial charge in [-0.2, -0.15) is 4.98 Å². The van der Waals surface area contributed by atoms with E-state index in [1.807, 2.05) is 29.2 Å². The summed E-state index contributed by atoms with van der Waals surface area (Å²) in [6.07, 6.45) is 5.67. The summed E-state index contributed by atoms with van der Waals surface area (Å²) in [5.74, 6) is 2.52. The van der Waals surface area contributed by atoms with Crippen LogP contribution in [0.25, 0.3) is 11.4 Å². The highest BCUT2D eigenvalue weighted by Gasteiger charge is 2.27. The van der Waals surface area contributed by atoms with Gasteiger partial charge in [-0.25, -0.2) is 0 Å². The first kappa shape index (κ1) is 18.4. The van der Waals surface area contributed by atoms with Crippen LogP contribution in [0.5, 0.6) is 5.75 Å². The molecule has 0 saturated carbocycles. The van der Waals surface area contributed by atoms with Gasteiger partial charge in [-0.1, -0.05) is 37.1 Å². The number of carbonyl (C=O) groups is 1. The molecule has 0 spiro atoms. The van der Waals surface area contributed by atoms with Gasteiger partial charge in [0, 0.05) is 31.0 Å². The maximum Gasteiger partial charge on any atom is 0.230 e. The molecular weight excluding hydrogens is 330 g/mol. The van der Waals surface area contributed by atoms with Crippen LogP contribution >= 0.6 is 0 Å². The predicted molar refractivity (Wildman–Crippen MR) is 99.0 cm³/mol. The highest BCUT2D eigenvalue weighted by molar-refractivity contribution is 5.76. The van der Waals surface area contributed by atoms with E-state index in [0.717, 1.165) is 56.5 Å². The molecule has 2 heterocycles. The molecule has 0 unspecified atom stereocenters. The van der Waals surface area contributed by atoms with Crippen molar-refractivity contribution < 1.29 is 14.1 Å². The summed E-state index contributed by atoms with van der Waals surface area (Å²) in [4.78, 5) is 18.8. The Hall–Kier alpha value is -2.37. The van der Waals surface area contributed by atoms with Gasteiger partial charge in [-0.05, 0) is 31.4 Å². The number of rotatable bonds is 7. The second-order valence-electron chi connectivity index (χ2n) is 6.80. The average molecular weight is 357 g/mol. The van der Waals surface area contributed by atoms with Crippen LogP contribution in [0.2, 0.25) is 0 Å². The molecule has 1 saturated heterocycles. The number of ether oxygens (including phenoxy) is 1. The Kier molecular flexibility index (Phi) is 6.26. The molecular formula is C20H27N3O3. The smallest absolute Gasteiger partial charge is 0.230 e. The van der Waals surface area contributed by atoms with E-state index in [9.17, 15) is 4.79 Å². The summed E-state index contributed by atoms with van der Waals surface area (Å²) < 4.78 is 10.7. The fourth-order valence-corrected chi connectivity index (χ4v) is 3.34. The standard InChI is InChI=1S/C20H27N3O3/c1-3-4-5-9-18(24)23-12-10-15(11-13-23)20-21-19(22-26-20)16-7-6-8-17(14-16)25-2/h6-8,14-15H,3-5,9-13H2,1-2H3. The number of amides is 1. The molecule has 1 amide bonds. The van der Waals surface area contributed by atoms with Crippen molar-refractivity contribution in [1.82, 2.24) is 15.0 Å². The first-order valence-corrected chi connectivity index (χ1v) is 9.47. The Labute approximate surface area is 154 Å². The van der Waals surface area contributed by atoms with Crippen LogP contribution in [0.1, 0.15) is 57.3 Å². The molecule has 140 valence electrons. The zero-order valence-corrected chi connectivity index (χ0v) is 15.6. The van der Waals surface area contributed by atoms with E-state index >= 15 is 0 Å². The maximum atomic E-state index is 12.2. The van der Waals surface area contributed by atoms with Crippen molar-refractivity contribution in [3.8, 4) is 17.1 Å². The number of benzene rings is 1. The summed E-state index contributed by atoms with van der Waals surface area (Å²) in [5, 5.41) is 4.12. The number of aromatic nitrogens is 2. The van der Waals surface area contributed by atoms with Gasteiger partial charge in [0.15, 0.2) is 0 Å². The summed E-state index contributed by atoms with van der Waals surface area (Å²) in [5.41, 5.74) is 0.878. The molecule has 6 heteroatoms. The molecule has 6 nitrogen and oxygen atoms in total. The van der Waals surface area contributed by atoms with Gasteiger partial charge in [-0.15, -0.1) is 0 Å². The second-order valence-corrected chi connectivity index (χ2v) is 6.80. The van der Waals surface area contributed by atoms with Crippen LogP contribution in [0.4, 0.5) is 0 Å². The Balaban J connectivity index is 1.57. The Bertz CT molecular complexity index is 721. The molecule has 1 aromatic carbocycles. The van der Waals surface area contributed by atoms with E-state index in [0.29, 0.717) is 18.1 Å². The first-order valence-electron chi connectivity index (χ1n) is 9.47. The number of hydrogen-bond donors (Lipinski definition) is 0. The predicted octanol–water partition coefficient (Wildman–Crippen LogP) is 4.03. The molecule has 0 N–H and O–H groups in total. The molecule has 3 rings (SSSR count). The van der Waals surface area contributed by atoms with E-state index < -0.39 is 0 Å². The van der Waals surface area contributed by atoms with Crippen LogP contribution in [-0.4, -0.2) is 41.1 Å². The van der Waals surface area contributed by atoms with Gasteiger partial charge in [0.05, 0.1) is 7.11 Å². The van der Waals surface area contributed by atoms with Crippen LogP contribution in [0.15, 0.2) is 28.8 Å². The fraction of sp³-hybridized carbons (Fsp3) is 0.550. The topological polar surface area (TPSA) is 68.5 Å². The summed E-state index contributed by atoms with van der Waals surface area (Å²) >= 11 is 0. The SMILES string of the molecule is CCCCCC(=O)N1CCC(c2nc(-c3cccc(OC)c3)no2)CC1. The van der Waals surface area contributed by atoms with Crippen molar-refractivity contribution >= 4 is 5.91 Å². The third-order valence-electron chi connectivity index (χ3n) is 4.96. The fourth-order valence-electron chi connectivity index (χ4n) is 3.34. The van der Waals surface area contributed by atoms with Crippen molar-refractivity contribution in [2.24, 2.45) is 0 Å². The van der Waals surface area contributed by atoms with Gasteiger partial charge in [0.1, 0.15) is 5.75 Å². The number of carbonyl (C=O) groups excluding carboxylic acids is 1. The van der Waals surface area contributed by atoms with E-state index in [1.165, 1.54) is 0 Å². The van der Waals surface area contributed by atoms with Gasteiger partial charge < -0.3 is 14.2 Å². The number of hydrogen-bond acceptors (Lipinski definition) is 5. The molecule has 0 aliphatic carbocycles. The lowest BCUT2D eigenvalue weighted by atomic mass is 9.96. The van der Waals surface area contributed by atoms with E-state index in [4.69, 9.17) is 9.26 Å². The Morgan fingerprint density at radius 3 is 2.85 bits per heavy atom. The minimum Gasteiger partial charge on any atom is -0.497 e. The zero-order chi connectivity index (χ0) is 18.4. The first-order chi connectivity index (χ1) is 12.7. The van der Waals surface area contributed by atoms with Gasteiger partial charge in [0.2, 0.25) is 17.6 Å². The van der Waals surface area contributed by atoms with Crippen molar-refractivity contribution in [3.63, 3.8) is 0 Å². The summed E-state index contributed by atoms with van der Waals surface area (Å²) in [7, 11) is 1.64. The quantitative estimate of drug-likeness (QED) is 0.700. The van der Waals surface area contributed by atoms with Crippen molar-refractivity contribution in [1.29, 1.82) is 0 Å². The van der Waals surface area contributed by atoms with E-state index in [1.54, 1.807) is 7.11 Å². The number of piperidine rings is 1. The monoisotopic (exact) mass is 357 g/mol. The largest absolute Gasteiger partial charge is 0.497 e. The third-order valence-corrected chi connectivity index (χ3v) is 4.96. The van der Waals surface area contributed by atoms with Crippen LogP contribution in [-0.2, 0) is 4.79 Å². The highest BCUT2D eigenvalue weighted by Crippen LogP contribution is 2.29. The van der Waals surface area contributed by atoms with Crippen molar-refractivity contribution in [2.45, 2.75) is 51.4 Å². The average Bonchev–Trinajstić information content (AvgIpc) is 3.18. The molecule has 26 heavy (non-hydrogen) atoms. The van der Waals surface area contributed by atoms with E-state index in [2.05, 4.69) is 17.1 Å². The van der Waals surface area contributed by atoms with Gasteiger partial charge >= 0.3 is 0 Å². The lowest BCUT2D eigenvalue weighted by Gasteiger charge is -2.30. The summed E-state index contributed by atoms with van der Waals surface area (Å²) in [6.45, 7) is 3.69. The lowest BCUT2D eigenvalue weighted by Crippen LogP contribution is -2.37. The van der Waals surface area contributed by atoms with Crippen LogP contribution in [0, 0.1) is 0 Å². The van der Waals surface area contributed by atoms with Gasteiger partial charge in [0.25, 0.3) is 0 Å². The number of unbranched alkanes of at least 4 members (excludes halogenated alkanes) is 2. The normalized spacial score (nSPS) is 15.2. The minimum absolute atomic E-state index is 0.224. The van der Waals surface area contributed by atoms with Crippen LogP contribution < -0.4 is 4.74 Å². The number of likely N-dealkylation sites (tertiary alicyclic amines) is 1. The molecule has 1 aliphatic heterocycles. The van der Waals surface area contributed by atoms with Gasteiger partial charge in [-0.3, -0.25) is 4.79 Å². The Morgan fingerprint density at radius 2 is 2.12 bits per heavy atom. The molecule has 0 bridgehead atoms. The molecule has 1 fully saturated rings. The molecule has 2 aromatic rings. The maximum absolute atomic E-state index is 12.2. The minimum atomic E-state index is 0.224. The number of methoxy groups -OCH3 is 1. The van der Waals surface area contributed by atoms with Crippen molar-refractivity contribution in [3.05, 3.63) is 30.2 Å². The molecule has 0 radical (unpaired) electrons. The zero-order valence-electron chi connectivity index (χ0n) is 15.6. The molecule has 1 aliphatic rings.